The van der Waals surface area contributed by atoms with Gasteiger partial charge in [0.15, 0.2) is 6.23 Å². The second-order valence-electron chi connectivity index (χ2n) is 26.8. The van der Waals surface area contributed by atoms with E-state index >= 15 is 0 Å². The fourth-order valence-electron chi connectivity index (χ4n) is 15.0. The van der Waals surface area contributed by atoms with E-state index in [0.29, 0.717) is 67.5 Å². The van der Waals surface area contributed by atoms with Crippen molar-refractivity contribution >= 4 is 60.0 Å². The minimum Gasteiger partial charge on any atom is -0.682 e. The molecule has 6 aliphatic rings. The first-order valence-corrected chi connectivity index (χ1v) is 32.5. The van der Waals surface area contributed by atoms with Crippen molar-refractivity contribution in [2.24, 2.45) is 62.0 Å². The van der Waals surface area contributed by atoms with E-state index in [4.69, 9.17) is 53.5 Å². The number of benzene rings is 1. The van der Waals surface area contributed by atoms with E-state index in [-0.39, 0.29) is 101 Å². The standard InChI is InChI=1S/C63H91N13O13P.CH3.Co/c1-30-21-40-41(22-31(30)2)76(29-71-40)58-53(85)54(42(28-77)87-58)89-90(12,86)88-32(3)27-70-50(84)19-20-60(8)38(23-47(67)81)57-63(11)62(10,26-49(69)83)37(15-18-46(66)80)52(75-63)34(5)56-61(9,25-48(68)82)35(13-16-44(64)78)39(72-56)24-43-59(6,7)36(14-17-45(65)79)51(73-43)33(4)55(60)74-57;;/h21-22,24,29,32,38,42,53-54,57-58,72-73,75,77,85H,13-20,23,25-28H2,1-12H3,(H13,64,65,66,67,68,69,70,78,79,80,81,82,83,84);1H3;/q2*-1;. The maximum atomic E-state index is 14.4. The van der Waals surface area contributed by atoms with Gasteiger partial charge in [-0.15, -0.1) is 0 Å². The van der Waals surface area contributed by atoms with Crippen LogP contribution in [0.5, 0.6) is 0 Å². The number of hydrogen-bond acceptors (Lipinski definition) is 16. The second kappa shape index (κ2) is 27.6. The summed E-state index contributed by atoms with van der Waals surface area (Å²) < 4.78 is 33.8. The van der Waals surface area contributed by atoms with Crippen LogP contribution in [0.3, 0.4) is 0 Å². The molecule has 1 aromatic heterocycles. The number of aryl methyl sites for hydroxylation is 2. The number of primary amides is 6. The Labute approximate surface area is 548 Å². The van der Waals surface area contributed by atoms with Gasteiger partial charge in [-0.05, 0) is 143 Å². The van der Waals surface area contributed by atoms with Gasteiger partial charge in [0, 0.05) is 125 Å². The molecule has 6 aliphatic heterocycles. The first-order chi connectivity index (χ1) is 41.8. The van der Waals surface area contributed by atoms with Gasteiger partial charge in [0.25, 0.3) is 0 Å². The molecule has 1 aromatic carbocycles. The Kier molecular flexibility index (Phi) is 22.3. The van der Waals surface area contributed by atoms with Crippen molar-refractivity contribution in [2.75, 3.05) is 19.8 Å². The predicted octanol–water partition coefficient (Wildman–Crippen LogP) is 3.53. The van der Waals surface area contributed by atoms with Crippen molar-refractivity contribution in [1.82, 2.24) is 26.3 Å². The van der Waals surface area contributed by atoms with Crippen molar-refractivity contribution < 1.29 is 83.5 Å². The van der Waals surface area contributed by atoms with Crippen molar-refractivity contribution in [3.8, 4) is 0 Å². The normalized spacial score (nSPS) is 29.0. The van der Waals surface area contributed by atoms with Gasteiger partial charge in [-0.2, -0.15) is 5.70 Å². The Balaban J connectivity index is 0.00000672. The number of carbonyl (C=O) groups excluding carboxylic acids is 7. The number of carbonyl (C=O) groups is 7. The van der Waals surface area contributed by atoms with E-state index in [1.165, 1.54) is 13.0 Å². The molecule has 509 valence electrons. The van der Waals surface area contributed by atoms with E-state index < -0.39 is 125 Å². The zero-order valence-corrected chi connectivity index (χ0v) is 57.0. The number of hydrogen-bond donors (Lipinski definition) is 12. The number of aromatic nitrogens is 2. The maximum absolute atomic E-state index is 14.4. The van der Waals surface area contributed by atoms with Gasteiger partial charge in [0.1, 0.15) is 18.3 Å². The molecule has 7 amide bonds. The smallest absolute Gasteiger partial charge is 0.328 e. The molecule has 0 spiro atoms. The molecule has 0 saturated carbocycles. The van der Waals surface area contributed by atoms with E-state index in [1.54, 1.807) is 11.5 Å². The van der Waals surface area contributed by atoms with E-state index in [9.17, 15) is 48.3 Å². The van der Waals surface area contributed by atoms with Crippen molar-refractivity contribution in [2.45, 2.75) is 189 Å². The zero-order chi connectivity index (χ0) is 66.7. The third-order valence-corrected chi connectivity index (χ3v) is 21.5. The summed E-state index contributed by atoms with van der Waals surface area (Å²) in [5, 5.41) is 41.7. The Morgan fingerprint density at radius 3 is 1.96 bits per heavy atom. The number of rotatable bonds is 26. The zero-order valence-electron chi connectivity index (χ0n) is 55.0. The average Bonchev–Trinajstić information content (AvgIpc) is 1.53. The van der Waals surface area contributed by atoms with Crippen molar-refractivity contribution in [3.05, 3.63) is 110 Å². The van der Waals surface area contributed by atoms with Crippen LogP contribution < -0.4 is 65.2 Å². The van der Waals surface area contributed by atoms with Gasteiger partial charge < -0.3 is 92.5 Å². The number of fused-ring (bicyclic) bond motifs is 10. The average molecular weight is 1340 g/mol. The molecule has 2 fully saturated rings. The molecule has 12 atom stereocenters. The number of aliphatic hydroxyl groups excluding tert-OH is 2. The third kappa shape index (κ3) is 14.0. The van der Waals surface area contributed by atoms with Crippen LogP contribution in [0.2, 0.25) is 0 Å². The van der Waals surface area contributed by atoms with E-state index in [2.05, 4.69) is 26.3 Å². The maximum Gasteiger partial charge on any atom is 0.328 e. The van der Waals surface area contributed by atoms with Crippen LogP contribution in [0, 0.1) is 48.9 Å². The van der Waals surface area contributed by atoms with Crippen LogP contribution >= 0.6 is 7.60 Å². The molecular formula is C64H94CoN13O13P-2. The number of allylic oxidation sites excluding steroid dienone is 6. The molecule has 2 saturated heterocycles. The molecule has 8 bridgehead atoms. The van der Waals surface area contributed by atoms with Crippen LogP contribution in [-0.2, 0) is 68.7 Å². The van der Waals surface area contributed by atoms with Crippen LogP contribution in [-0.4, -0.2) is 107 Å². The van der Waals surface area contributed by atoms with Crippen LogP contribution in [0.1, 0.15) is 150 Å². The molecule has 8 rings (SSSR count). The van der Waals surface area contributed by atoms with Crippen LogP contribution in [0.25, 0.3) is 16.4 Å². The van der Waals surface area contributed by atoms with Gasteiger partial charge in [-0.1, -0.05) is 33.7 Å². The molecule has 0 aliphatic carbocycles. The first kappa shape index (κ1) is 74.2. The fourth-order valence-corrected chi connectivity index (χ4v) is 16.5. The van der Waals surface area contributed by atoms with Gasteiger partial charge in [0.2, 0.25) is 41.4 Å². The number of amides is 7. The summed E-state index contributed by atoms with van der Waals surface area (Å²) >= 11 is 0. The molecular weight excluding hydrogens is 1250 g/mol. The Morgan fingerprint density at radius 2 is 1.38 bits per heavy atom. The number of nitrogens with one attached hydrogen (secondary N) is 4. The van der Waals surface area contributed by atoms with Gasteiger partial charge in [-0.25, -0.2) is 4.98 Å². The summed E-state index contributed by atoms with van der Waals surface area (Å²) in [4.78, 5) is 98.1. The molecule has 1 radical (unpaired) electrons. The van der Waals surface area contributed by atoms with Crippen molar-refractivity contribution in [1.29, 1.82) is 0 Å². The van der Waals surface area contributed by atoms with Gasteiger partial charge in [-0.3, -0.25) is 42.7 Å². The number of imidazole rings is 1. The van der Waals surface area contributed by atoms with Gasteiger partial charge >= 0.3 is 7.60 Å². The Hall–Kier alpha value is -6.84. The van der Waals surface area contributed by atoms with Crippen LogP contribution in [0.4, 0.5) is 0 Å². The number of nitrogens with two attached hydrogens (primary N) is 6. The van der Waals surface area contributed by atoms with Gasteiger partial charge in [0.05, 0.1) is 30.1 Å². The first-order valence-electron chi connectivity index (χ1n) is 30.5. The largest absolute Gasteiger partial charge is 0.682 e. The second-order valence-corrected chi connectivity index (χ2v) is 28.8. The minimum absolute atomic E-state index is 0. The summed E-state index contributed by atoms with van der Waals surface area (Å²) in [7, 11) is -4.07. The Bertz CT molecular complexity index is 3590. The van der Waals surface area contributed by atoms with Crippen LogP contribution in [0.15, 0.2) is 86.6 Å². The number of ether oxygens (including phenoxy) is 1. The molecule has 2 aromatic rings. The summed E-state index contributed by atoms with van der Waals surface area (Å²) in [6.45, 7) is 21.1. The predicted molar refractivity (Wildman–Crippen MR) is 339 cm³/mol. The number of nitrogens with zero attached hydrogens (tertiary/aromatic N) is 3. The molecule has 28 heteroatoms. The molecule has 92 heavy (non-hydrogen) atoms. The Morgan fingerprint density at radius 1 is 0.793 bits per heavy atom. The minimum atomic E-state index is -4.07. The summed E-state index contributed by atoms with van der Waals surface area (Å²) in [6, 6.07) is 2.85. The van der Waals surface area contributed by atoms with E-state index in [1.807, 2.05) is 87.4 Å². The molecule has 18 N–H and O–H groups in total. The third-order valence-electron chi connectivity index (χ3n) is 20.1. The summed E-state index contributed by atoms with van der Waals surface area (Å²) in [5.74, 6) is -5.11. The fraction of sp³-hybridized carbons (Fsp3) is 0.578. The summed E-state index contributed by atoms with van der Waals surface area (Å²) in [5.41, 5.74) is 39.9. The molecule has 12 unspecified atom stereocenters. The monoisotopic (exact) mass is 1340 g/mol. The SMILES string of the molecule is CC1=C2NC(=C(CCC(N)=O)C2(C)CC(N)=O)C=C2NC(=C(CCC(N)=O)C2(C)C)C(C)=C2[N-]C(C(CC(N)=O)C2(C)CCC(=O)NCC(C)OP(C)(=O)OC2C(CO)OC([n+]3c[n-]c4cc(C)c(C)cc43)C2O)C2(C)NC1=C(CCC(N)=O)C2(C)CC(N)=O.[CH3-].[Co]. The number of aliphatic hydroxyl groups is 2. The molecule has 26 nitrogen and oxygen atoms in total. The molecule has 7 heterocycles. The summed E-state index contributed by atoms with van der Waals surface area (Å²) in [6.07, 6.45) is -3.26. The topological polar surface area (TPSA) is 441 Å². The van der Waals surface area contributed by atoms with E-state index in [0.717, 1.165) is 16.7 Å². The van der Waals surface area contributed by atoms with Crippen molar-refractivity contribution in [3.63, 3.8) is 0 Å². The quantitative estimate of drug-likeness (QED) is 0.0364.